The number of carbonyl (C=O) groups excluding carboxylic acids is 3. The van der Waals surface area contributed by atoms with Gasteiger partial charge in [0.25, 0.3) is 11.8 Å². The smallest absolute Gasteiger partial charge is 0.261 e. The molecule has 0 radical (unpaired) electrons. The first-order valence-corrected chi connectivity index (χ1v) is 12.1. The molecule has 172 valence electrons. The number of hydrogen-bond donors (Lipinski definition) is 0. The van der Waals surface area contributed by atoms with Crippen molar-refractivity contribution in [3.05, 3.63) is 70.7 Å². The number of nitrogens with zero attached hydrogens (tertiary/aromatic N) is 2. The van der Waals surface area contributed by atoms with Crippen molar-refractivity contribution >= 4 is 39.3 Å². The molecule has 2 aromatic rings. The summed E-state index contributed by atoms with van der Waals surface area (Å²) in [5.74, 6) is -0.371. The fourth-order valence-electron chi connectivity index (χ4n) is 4.32. The average molecular weight is 511 g/mol. The van der Waals surface area contributed by atoms with E-state index in [9.17, 15) is 14.4 Å². The van der Waals surface area contributed by atoms with E-state index < -0.39 is 6.04 Å². The van der Waals surface area contributed by atoms with Gasteiger partial charge in [-0.15, -0.1) is 0 Å². The van der Waals surface area contributed by atoms with Crippen LogP contribution in [0.4, 0.5) is 5.69 Å². The Morgan fingerprint density at radius 2 is 1.82 bits per heavy atom. The molecule has 1 aliphatic carbocycles. The highest BCUT2D eigenvalue weighted by Gasteiger charge is 2.44. The number of rotatable bonds is 8. The summed E-state index contributed by atoms with van der Waals surface area (Å²) < 4.78 is 6.52. The first-order chi connectivity index (χ1) is 16.0. The second-order valence-corrected chi connectivity index (χ2v) is 9.23. The molecule has 1 fully saturated rings. The van der Waals surface area contributed by atoms with Gasteiger partial charge in [0.1, 0.15) is 11.8 Å². The zero-order valence-electron chi connectivity index (χ0n) is 18.4. The Hall–Kier alpha value is -2.93. The highest BCUT2D eigenvalue weighted by molar-refractivity contribution is 9.10. The van der Waals surface area contributed by atoms with Gasteiger partial charge >= 0.3 is 0 Å². The highest BCUT2D eigenvalue weighted by atomic mass is 79.9. The molecule has 0 aromatic heterocycles. The van der Waals surface area contributed by atoms with Gasteiger partial charge in [0.15, 0.2) is 6.61 Å². The van der Waals surface area contributed by atoms with Crippen molar-refractivity contribution in [1.29, 1.82) is 0 Å². The second-order valence-electron chi connectivity index (χ2n) is 8.31. The van der Waals surface area contributed by atoms with Crippen molar-refractivity contribution in [1.82, 2.24) is 4.90 Å². The molecule has 0 N–H and O–H groups in total. The molecule has 1 atom stereocenters. The van der Waals surface area contributed by atoms with Crippen molar-refractivity contribution in [3.8, 4) is 5.75 Å². The number of benzene rings is 2. The summed E-state index contributed by atoms with van der Waals surface area (Å²) in [6.45, 7) is 0.208. The maximum Gasteiger partial charge on any atom is 0.261 e. The molecule has 2 aromatic carbocycles. The van der Waals surface area contributed by atoms with Crippen molar-refractivity contribution in [2.75, 3.05) is 18.1 Å². The summed E-state index contributed by atoms with van der Waals surface area (Å²) in [7, 11) is 0. The Morgan fingerprint density at radius 1 is 1.06 bits per heavy atom. The lowest BCUT2D eigenvalue weighted by Crippen LogP contribution is -2.47. The standard InChI is InChI=1S/C26H27BrN2O4/c27-20-11-13-21(14-12-20)29-24(30)17-23(26(29)32)28(16-15-19-7-3-1-4-8-19)25(31)18-33-22-9-5-2-6-10-22/h2,5-7,9-14,23H,1,3-4,8,15-18H2. The minimum atomic E-state index is -0.822. The minimum absolute atomic E-state index is 0.0228. The summed E-state index contributed by atoms with van der Waals surface area (Å²) in [5.41, 5.74) is 1.82. The number of amides is 3. The average Bonchev–Trinajstić information content (AvgIpc) is 3.13. The van der Waals surface area contributed by atoms with Crippen LogP contribution in [0.25, 0.3) is 0 Å². The van der Waals surface area contributed by atoms with E-state index in [0.717, 1.165) is 23.7 Å². The zero-order chi connectivity index (χ0) is 23.2. The van der Waals surface area contributed by atoms with E-state index in [4.69, 9.17) is 4.74 Å². The second kappa shape index (κ2) is 10.8. The number of anilines is 1. The third-order valence-corrected chi connectivity index (χ3v) is 6.60. The lowest BCUT2D eigenvalue weighted by Gasteiger charge is -2.28. The lowest BCUT2D eigenvalue weighted by atomic mass is 9.97. The Kier molecular flexibility index (Phi) is 7.60. The zero-order valence-corrected chi connectivity index (χ0v) is 20.0. The van der Waals surface area contributed by atoms with E-state index >= 15 is 0 Å². The van der Waals surface area contributed by atoms with E-state index in [0.29, 0.717) is 24.4 Å². The molecular formula is C26H27BrN2O4. The summed E-state index contributed by atoms with van der Waals surface area (Å²) in [6.07, 6.45) is 7.33. The summed E-state index contributed by atoms with van der Waals surface area (Å²) >= 11 is 3.37. The van der Waals surface area contributed by atoms with Crippen LogP contribution < -0.4 is 9.64 Å². The van der Waals surface area contributed by atoms with Gasteiger partial charge in [0.05, 0.1) is 12.1 Å². The summed E-state index contributed by atoms with van der Waals surface area (Å²) in [5, 5.41) is 0. The number of hydrogen-bond acceptors (Lipinski definition) is 4. The number of allylic oxidation sites excluding steroid dienone is 1. The monoisotopic (exact) mass is 510 g/mol. The number of carbonyl (C=O) groups is 3. The predicted octanol–water partition coefficient (Wildman–Crippen LogP) is 4.88. The fourth-order valence-corrected chi connectivity index (χ4v) is 4.58. The molecule has 1 saturated heterocycles. The summed E-state index contributed by atoms with van der Waals surface area (Å²) in [4.78, 5) is 42.1. The van der Waals surface area contributed by atoms with Crippen molar-refractivity contribution in [2.24, 2.45) is 0 Å². The van der Waals surface area contributed by atoms with E-state index in [2.05, 4.69) is 22.0 Å². The molecule has 1 unspecified atom stereocenters. The van der Waals surface area contributed by atoms with Gasteiger partial charge in [-0.05, 0) is 68.5 Å². The SMILES string of the molecule is O=C1CC(N(CCC2=CCCCC2)C(=O)COc2ccccc2)C(=O)N1c1ccc(Br)cc1. The quantitative estimate of drug-likeness (QED) is 0.375. The molecule has 33 heavy (non-hydrogen) atoms. The van der Waals surface area contributed by atoms with Gasteiger partial charge in [-0.1, -0.05) is 45.8 Å². The lowest BCUT2D eigenvalue weighted by molar-refractivity contribution is -0.140. The highest BCUT2D eigenvalue weighted by Crippen LogP contribution is 2.28. The third kappa shape index (κ3) is 5.71. The molecule has 0 spiro atoms. The van der Waals surface area contributed by atoms with E-state index in [1.807, 2.05) is 18.2 Å². The van der Waals surface area contributed by atoms with Gasteiger partial charge in [0.2, 0.25) is 5.91 Å². The van der Waals surface area contributed by atoms with Crippen molar-refractivity contribution < 1.29 is 19.1 Å². The van der Waals surface area contributed by atoms with Gasteiger partial charge in [0, 0.05) is 11.0 Å². The minimum Gasteiger partial charge on any atom is -0.484 e. The van der Waals surface area contributed by atoms with Crippen LogP contribution in [0.5, 0.6) is 5.75 Å². The summed E-state index contributed by atoms with van der Waals surface area (Å²) in [6, 6.07) is 15.3. The van der Waals surface area contributed by atoms with Crippen molar-refractivity contribution in [2.45, 2.75) is 44.6 Å². The number of halogens is 1. The van der Waals surface area contributed by atoms with Crippen LogP contribution in [0.3, 0.4) is 0 Å². The van der Waals surface area contributed by atoms with Crippen LogP contribution >= 0.6 is 15.9 Å². The predicted molar refractivity (Wildman–Crippen MR) is 130 cm³/mol. The molecule has 1 heterocycles. The molecule has 2 aliphatic rings. The molecule has 7 heteroatoms. The van der Waals surface area contributed by atoms with E-state index in [1.165, 1.54) is 21.8 Å². The van der Waals surface area contributed by atoms with Crippen LogP contribution in [0.2, 0.25) is 0 Å². The first-order valence-electron chi connectivity index (χ1n) is 11.3. The maximum absolute atomic E-state index is 13.3. The van der Waals surface area contributed by atoms with Gasteiger partial charge in [-0.2, -0.15) is 0 Å². The normalized spacial score (nSPS) is 18.3. The Balaban J connectivity index is 1.51. The fraction of sp³-hybridized carbons (Fsp3) is 0.346. The molecule has 4 rings (SSSR count). The van der Waals surface area contributed by atoms with Crippen LogP contribution in [0, 0.1) is 0 Å². The number of ether oxygens (including phenoxy) is 1. The Morgan fingerprint density at radius 3 is 2.52 bits per heavy atom. The van der Waals surface area contributed by atoms with E-state index in [1.54, 1.807) is 36.4 Å². The van der Waals surface area contributed by atoms with Gasteiger partial charge in [-0.3, -0.25) is 14.4 Å². The van der Waals surface area contributed by atoms with Crippen LogP contribution in [-0.2, 0) is 14.4 Å². The number of imide groups is 1. The molecular weight excluding hydrogens is 484 g/mol. The molecule has 1 aliphatic heterocycles. The Bertz CT molecular complexity index is 1040. The van der Waals surface area contributed by atoms with Crippen LogP contribution in [0.15, 0.2) is 70.7 Å². The van der Waals surface area contributed by atoms with Crippen LogP contribution in [-0.4, -0.2) is 41.8 Å². The van der Waals surface area contributed by atoms with Crippen LogP contribution in [0.1, 0.15) is 38.5 Å². The Labute approximate surface area is 202 Å². The largest absolute Gasteiger partial charge is 0.484 e. The molecule has 6 nitrogen and oxygen atoms in total. The van der Waals surface area contributed by atoms with Gasteiger partial charge in [-0.25, -0.2) is 4.90 Å². The van der Waals surface area contributed by atoms with E-state index in [-0.39, 0.29) is 30.7 Å². The van der Waals surface area contributed by atoms with Crippen molar-refractivity contribution in [3.63, 3.8) is 0 Å². The molecule has 0 bridgehead atoms. The third-order valence-electron chi connectivity index (χ3n) is 6.07. The first kappa shape index (κ1) is 23.2. The topological polar surface area (TPSA) is 66.9 Å². The number of para-hydroxylation sites is 1. The maximum atomic E-state index is 13.3. The van der Waals surface area contributed by atoms with Gasteiger partial charge < -0.3 is 9.64 Å². The molecule has 0 saturated carbocycles. The molecule has 3 amide bonds.